The topological polar surface area (TPSA) is 67.8 Å². The van der Waals surface area contributed by atoms with E-state index in [0.29, 0.717) is 11.6 Å². The Balaban J connectivity index is 2.03. The predicted molar refractivity (Wildman–Crippen MR) is 87.0 cm³/mol. The van der Waals surface area contributed by atoms with Crippen LogP contribution in [0.2, 0.25) is 5.02 Å². The SMILES string of the molecule is CCOc1ccc(C=NNS(=O)(=O)c2ccc(Cl)cc2)cc1. The summed E-state index contributed by atoms with van der Waals surface area (Å²) in [7, 11) is -3.70. The average Bonchev–Trinajstić information content (AvgIpc) is 2.50. The largest absolute Gasteiger partial charge is 0.494 e. The molecule has 0 aliphatic carbocycles. The van der Waals surface area contributed by atoms with Crippen LogP contribution in [-0.4, -0.2) is 21.2 Å². The zero-order valence-electron chi connectivity index (χ0n) is 11.9. The summed E-state index contributed by atoms with van der Waals surface area (Å²) in [6, 6.07) is 13.0. The molecule has 0 saturated carbocycles. The summed E-state index contributed by atoms with van der Waals surface area (Å²) in [4.78, 5) is 2.25. The van der Waals surface area contributed by atoms with E-state index in [1.807, 2.05) is 6.92 Å². The molecule has 0 unspecified atom stereocenters. The van der Waals surface area contributed by atoms with Crippen molar-refractivity contribution < 1.29 is 13.2 Å². The Kier molecular flexibility index (Phi) is 5.41. The van der Waals surface area contributed by atoms with Crippen molar-refractivity contribution in [1.29, 1.82) is 0 Å². The highest BCUT2D eigenvalue weighted by Crippen LogP contribution is 2.14. The summed E-state index contributed by atoms with van der Waals surface area (Å²) in [5.74, 6) is 0.751. The molecular weight excluding hydrogens is 324 g/mol. The first-order chi connectivity index (χ1) is 10.5. The van der Waals surface area contributed by atoms with Crippen LogP contribution < -0.4 is 9.57 Å². The molecule has 0 radical (unpaired) electrons. The highest BCUT2D eigenvalue weighted by atomic mass is 35.5. The van der Waals surface area contributed by atoms with Gasteiger partial charge >= 0.3 is 0 Å². The van der Waals surface area contributed by atoms with Crippen LogP contribution in [0.5, 0.6) is 5.75 Å². The lowest BCUT2D eigenvalue weighted by Crippen LogP contribution is -2.18. The summed E-state index contributed by atoms with van der Waals surface area (Å²) < 4.78 is 29.3. The molecule has 7 heteroatoms. The molecule has 0 spiro atoms. The van der Waals surface area contributed by atoms with Crippen molar-refractivity contribution >= 4 is 27.8 Å². The molecule has 2 aromatic carbocycles. The lowest BCUT2D eigenvalue weighted by atomic mass is 10.2. The van der Waals surface area contributed by atoms with Crippen molar-refractivity contribution in [3.8, 4) is 5.75 Å². The van der Waals surface area contributed by atoms with Gasteiger partial charge in [0.05, 0.1) is 17.7 Å². The molecule has 0 aromatic heterocycles. The first-order valence-corrected chi connectivity index (χ1v) is 8.40. The van der Waals surface area contributed by atoms with Crippen LogP contribution in [0.25, 0.3) is 0 Å². The van der Waals surface area contributed by atoms with E-state index in [1.165, 1.54) is 30.5 Å². The molecule has 0 saturated heterocycles. The van der Waals surface area contributed by atoms with E-state index >= 15 is 0 Å². The third kappa shape index (κ3) is 4.47. The van der Waals surface area contributed by atoms with E-state index in [4.69, 9.17) is 16.3 Å². The fourth-order valence-electron chi connectivity index (χ4n) is 1.65. The number of halogens is 1. The van der Waals surface area contributed by atoms with Crippen molar-refractivity contribution in [1.82, 2.24) is 4.83 Å². The van der Waals surface area contributed by atoms with E-state index in [9.17, 15) is 8.42 Å². The molecule has 116 valence electrons. The van der Waals surface area contributed by atoms with Gasteiger partial charge in [0.1, 0.15) is 5.75 Å². The summed E-state index contributed by atoms with van der Waals surface area (Å²) in [5.41, 5.74) is 0.752. The van der Waals surface area contributed by atoms with E-state index in [-0.39, 0.29) is 4.90 Å². The molecule has 0 amide bonds. The van der Waals surface area contributed by atoms with Gasteiger partial charge in [-0.3, -0.25) is 0 Å². The number of hydrogen-bond acceptors (Lipinski definition) is 4. The van der Waals surface area contributed by atoms with Crippen molar-refractivity contribution in [2.24, 2.45) is 5.10 Å². The highest BCUT2D eigenvalue weighted by molar-refractivity contribution is 7.89. The van der Waals surface area contributed by atoms with Crippen molar-refractivity contribution in [2.75, 3.05) is 6.61 Å². The zero-order valence-corrected chi connectivity index (χ0v) is 13.4. The summed E-state index contributed by atoms with van der Waals surface area (Å²) >= 11 is 5.73. The maximum absolute atomic E-state index is 12.0. The van der Waals surface area contributed by atoms with Crippen LogP contribution in [0.15, 0.2) is 58.5 Å². The maximum atomic E-state index is 12.0. The third-order valence-electron chi connectivity index (χ3n) is 2.70. The van der Waals surface area contributed by atoms with Crippen molar-refractivity contribution in [3.05, 3.63) is 59.1 Å². The number of ether oxygens (including phenoxy) is 1. The zero-order chi connectivity index (χ0) is 16.0. The smallest absolute Gasteiger partial charge is 0.276 e. The monoisotopic (exact) mass is 338 g/mol. The van der Waals surface area contributed by atoms with Gasteiger partial charge in [0.25, 0.3) is 10.0 Å². The lowest BCUT2D eigenvalue weighted by molar-refractivity contribution is 0.340. The van der Waals surface area contributed by atoms with Crippen LogP contribution >= 0.6 is 11.6 Å². The highest BCUT2D eigenvalue weighted by Gasteiger charge is 2.11. The molecule has 0 aliphatic rings. The van der Waals surface area contributed by atoms with Crippen LogP contribution in [0.4, 0.5) is 0 Å². The molecule has 5 nitrogen and oxygen atoms in total. The van der Waals surface area contributed by atoms with E-state index in [2.05, 4.69) is 9.93 Å². The average molecular weight is 339 g/mol. The Morgan fingerprint density at radius 2 is 1.77 bits per heavy atom. The quantitative estimate of drug-likeness (QED) is 0.650. The first-order valence-electron chi connectivity index (χ1n) is 6.54. The van der Waals surface area contributed by atoms with Gasteiger partial charge in [0.15, 0.2) is 0 Å². The number of hydrazone groups is 1. The Bertz CT molecular complexity index is 741. The first kappa shape index (κ1) is 16.3. The molecule has 1 N–H and O–H groups in total. The number of nitrogens with zero attached hydrogens (tertiary/aromatic N) is 1. The molecule has 0 aliphatic heterocycles. The molecule has 2 rings (SSSR count). The molecule has 0 heterocycles. The van der Waals surface area contributed by atoms with Gasteiger partial charge in [-0.15, -0.1) is 0 Å². The van der Waals surface area contributed by atoms with Crippen molar-refractivity contribution in [2.45, 2.75) is 11.8 Å². The summed E-state index contributed by atoms with van der Waals surface area (Å²) in [5, 5.41) is 4.22. The van der Waals surface area contributed by atoms with Crippen LogP contribution in [-0.2, 0) is 10.0 Å². The van der Waals surface area contributed by atoms with Gasteiger partial charge < -0.3 is 4.74 Å². The van der Waals surface area contributed by atoms with Gasteiger partial charge in [-0.05, 0) is 61.0 Å². The van der Waals surface area contributed by atoms with E-state index in [1.54, 1.807) is 24.3 Å². The number of sulfonamides is 1. The number of nitrogens with one attached hydrogen (secondary N) is 1. The number of benzene rings is 2. The van der Waals surface area contributed by atoms with Crippen LogP contribution in [0, 0.1) is 0 Å². The van der Waals surface area contributed by atoms with Gasteiger partial charge in [-0.1, -0.05) is 11.6 Å². The van der Waals surface area contributed by atoms with Crippen LogP contribution in [0.1, 0.15) is 12.5 Å². The Morgan fingerprint density at radius 1 is 1.14 bits per heavy atom. The molecule has 0 atom stereocenters. The minimum Gasteiger partial charge on any atom is -0.494 e. The predicted octanol–water partition coefficient (Wildman–Crippen LogP) is 3.05. The second kappa shape index (κ2) is 7.29. The molecule has 2 aromatic rings. The summed E-state index contributed by atoms with van der Waals surface area (Å²) in [6.07, 6.45) is 1.42. The second-order valence-electron chi connectivity index (χ2n) is 4.31. The maximum Gasteiger partial charge on any atom is 0.276 e. The summed E-state index contributed by atoms with van der Waals surface area (Å²) in [6.45, 7) is 2.50. The number of hydrogen-bond donors (Lipinski definition) is 1. The third-order valence-corrected chi connectivity index (χ3v) is 4.19. The van der Waals surface area contributed by atoms with Crippen LogP contribution in [0.3, 0.4) is 0 Å². The van der Waals surface area contributed by atoms with Crippen molar-refractivity contribution in [3.63, 3.8) is 0 Å². The van der Waals surface area contributed by atoms with Gasteiger partial charge in [0.2, 0.25) is 0 Å². The van der Waals surface area contributed by atoms with E-state index in [0.717, 1.165) is 11.3 Å². The minimum absolute atomic E-state index is 0.0979. The lowest BCUT2D eigenvalue weighted by Gasteiger charge is -2.04. The Hall–Kier alpha value is -2.05. The molecule has 22 heavy (non-hydrogen) atoms. The van der Waals surface area contributed by atoms with E-state index < -0.39 is 10.0 Å². The molecule has 0 fully saturated rings. The minimum atomic E-state index is -3.70. The van der Waals surface area contributed by atoms with Gasteiger partial charge in [-0.25, -0.2) is 4.83 Å². The molecular formula is C15H15ClN2O3S. The van der Waals surface area contributed by atoms with Gasteiger partial charge in [-0.2, -0.15) is 13.5 Å². The normalized spacial score (nSPS) is 11.5. The Labute approximate surface area is 134 Å². The standard InChI is InChI=1S/C15H15ClN2O3S/c1-2-21-14-7-3-12(4-8-14)11-17-18-22(19,20)15-9-5-13(16)6-10-15/h3-11,18H,2H2,1H3. The van der Waals surface area contributed by atoms with Gasteiger partial charge in [0, 0.05) is 5.02 Å². The Morgan fingerprint density at radius 3 is 2.36 bits per heavy atom. The molecule has 0 bridgehead atoms. The fraction of sp³-hybridized carbons (Fsp3) is 0.133. The second-order valence-corrected chi connectivity index (χ2v) is 6.41. The number of rotatable bonds is 6. The fourth-order valence-corrected chi connectivity index (χ4v) is 2.57.